The largest absolute Gasteiger partial charge is 0.348 e. The second kappa shape index (κ2) is 7.17. The van der Waals surface area contributed by atoms with Gasteiger partial charge in [0, 0.05) is 18.2 Å². The van der Waals surface area contributed by atoms with Gasteiger partial charge < -0.3 is 11.1 Å². The summed E-state index contributed by atoms with van der Waals surface area (Å²) in [6, 6.07) is 5.95. The average molecular weight is 248 g/mol. The van der Waals surface area contributed by atoms with Crippen molar-refractivity contribution in [2.75, 3.05) is 6.54 Å². The van der Waals surface area contributed by atoms with Gasteiger partial charge in [-0.3, -0.25) is 4.79 Å². The number of unbranched alkanes of at least 4 members (excludes halogenated alkanes) is 1. The molecule has 1 aromatic carbocycles. The number of nitrogens with one attached hydrogen (secondary N) is 1. The number of hydrogen-bond donors (Lipinski definition) is 2. The molecule has 0 heterocycles. The van der Waals surface area contributed by atoms with E-state index in [0.717, 1.165) is 30.4 Å². The van der Waals surface area contributed by atoms with E-state index in [-0.39, 0.29) is 11.9 Å². The average Bonchev–Trinajstić information content (AvgIpc) is 2.34. The standard InChI is InChI=1S/C15H24N2O/c1-4-5-6-13(10-16)17-15(18)14-8-7-11(2)9-12(14)3/h7-9,13H,4-6,10,16H2,1-3H3,(H,17,18). The summed E-state index contributed by atoms with van der Waals surface area (Å²) < 4.78 is 0. The summed E-state index contributed by atoms with van der Waals surface area (Å²) in [5.41, 5.74) is 8.62. The summed E-state index contributed by atoms with van der Waals surface area (Å²) in [6.07, 6.45) is 3.16. The molecule has 0 radical (unpaired) electrons. The Morgan fingerprint density at radius 1 is 1.39 bits per heavy atom. The van der Waals surface area contributed by atoms with Gasteiger partial charge in [0.25, 0.3) is 5.91 Å². The number of hydrogen-bond acceptors (Lipinski definition) is 2. The molecule has 0 saturated heterocycles. The van der Waals surface area contributed by atoms with Gasteiger partial charge in [0.2, 0.25) is 0 Å². The van der Waals surface area contributed by atoms with Crippen LogP contribution in [0.5, 0.6) is 0 Å². The molecule has 3 nitrogen and oxygen atoms in total. The molecular weight excluding hydrogens is 224 g/mol. The zero-order chi connectivity index (χ0) is 13.5. The van der Waals surface area contributed by atoms with Crippen molar-refractivity contribution in [2.24, 2.45) is 5.73 Å². The highest BCUT2D eigenvalue weighted by molar-refractivity contribution is 5.95. The number of nitrogens with two attached hydrogens (primary N) is 1. The van der Waals surface area contributed by atoms with E-state index in [2.05, 4.69) is 12.2 Å². The fourth-order valence-corrected chi connectivity index (χ4v) is 2.03. The normalized spacial score (nSPS) is 12.2. The molecule has 1 aromatic rings. The molecule has 1 amide bonds. The number of aryl methyl sites for hydroxylation is 2. The van der Waals surface area contributed by atoms with Gasteiger partial charge in [-0.15, -0.1) is 0 Å². The van der Waals surface area contributed by atoms with E-state index >= 15 is 0 Å². The molecule has 3 heteroatoms. The highest BCUT2D eigenvalue weighted by Crippen LogP contribution is 2.11. The third-order valence-corrected chi connectivity index (χ3v) is 3.15. The topological polar surface area (TPSA) is 55.1 Å². The lowest BCUT2D eigenvalue weighted by molar-refractivity contribution is 0.0935. The molecule has 0 aromatic heterocycles. The van der Waals surface area contributed by atoms with Gasteiger partial charge in [0.1, 0.15) is 0 Å². The molecule has 0 aliphatic carbocycles. The fraction of sp³-hybridized carbons (Fsp3) is 0.533. The first kappa shape index (κ1) is 14.7. The van der Waals surface area contributed by atoms with Crippen LogP contribution >= 0.6 is 0 Å². The smallest absolute Gasteiger partial charge is 0.251 e. The quantitative estimate of drug-likeness (QED) is 0.813. The van der Waals surface area contributed by atoms with Crippen molar-refractivity contribution in [1.82, 2.24) is 5.32 Å². The van der Waals surface area contributed by atoms with Gasteiger partial charge in [-0.1, -0.05) is 37.5 Å². The second-order valence-electron chi connectivity index (χ2n) is 4.87. The van der Waals surface area contributed by atoms with E-state index in [1.165, 1.54) is 5.56 Å². The Morgan fingerprint density at radius 2 is 2.11 bits per heavy atom. The number of amides is 1. The van der Waals surface area contributed by atoms with Crippen LogP contribution in [0, 0.1) is 13.8 Å². The van der Waals surface area contributed by atoms with Gasteiger partial charge in [-0.25, -0.2) is 0 Å². The van der Waals surface area contributed by atoms with Gasteiger partial charge in [0.15, 0.2) is 0 Å². The lowest BCUT2D eigenvalue weighted by Gasteiger charge is -2.17. The monoisotopic (exact) mass is 248 g/mol. The molecule has 1 atom stereocenters. The van der Waals surface area contributed by atoms with Crippen molar-refractivity contribution in [2.45, 2.75) is 46.1 Å². The van der Waals surface area contributed by atoms with Crippen LogP contribution in [0.1, 0.15) is 47.7 Å². The summed E-state index contributed by atoms with van der Waals surface area (Å²) in [6.45, 7) is 6.63. The van der Waals surface area contributed by atoms with E-state index in [4.69, 9.17) is 5.73 Å². The summed E-state index contributed by atoms with van der Waals surface area (Å²) in [5.74, 6) is -0.0148. The van der Waals surface area contributed by atoms with Crippen LogP contribution in [0.15, 0.2) is 18.2 Å². The van der Waals surface area contributed by atoms with Crippen molar-refractivity contribution >= 4 is 5.91 Å². The molecule has 0 bridgehead atoms. The Bertz CT molecular complexity index is 401. The Morgan fingerprint density at radius 3 is 2.67 bits per heavy atom. The Kier molecular flexibility index (Phi) is 5.86. The number of rotatable bonds is 6. The summed E-state index contributed by atoms with van der Waals surface area (Å²) in [4.78, 5) is 12.1. The Hall–Kier alpha value is -1.35. The first-order valence-electron chi connectivity index (χ1n) is 6.66. The van der Waals surface area contributed by atoms with Crippen molar-refractivity contribution in [3.8, 4) is 0 Å². The lowest BCUT2D eigenvalue weighted by atomic mass is 10.0. The van der Waals surface area contributed by atoms with Gasteiger partial charge in [-0.2, -0.15) is 0 Å². The van der Waals surface area contributed by atoms with Crippen LogP contribution in [-0.4, -0.2) is 18.5 Å². The minimum absolute atomic E-state index is 0.0148. The third kappa shape index (κ3) is 4.15. The number of benzene rings is 1. The molecule has 3 N–H and O–H groups in total. The second-order valence-corrected chi connectivity index (χ2v) is 4.87. The van der Waals surface area contributed by atoms with Crippen molar-refractivity contribution in [3.05, 3.63) is 34.9 Å². The number of carbonyl (C=O) groups is 1. The highest BCUT2D eigenvalue weighted by atomic mass is 16.1. The summed E-state index contributed by atoms with van der Waals surface area (Å²) >= 11 is 0. The molecule has 0 aliphatic heterocycles. The molecule has 0 spiro atoms. The van der Waals surface area contributed by atoms with Gasteiger partial charge in [0.05, 0.1) is 0 Å². The number of carbonyl (C=O) groups excluding carboxylic acids is 1. The lowest BCUT2D eigenvalue weighted by Crippen LogP contribution is -2.40. The van der Waals surface area contributed by atoms with Crippen LogP contribution in [0.3, 0.4) is 0 Å². The predicted molar refractivity (Wildman–Crippen MR) is 75.7 cm³/mol. The molecule has 100 valence electrons. The summed E-state index contributed by atoms with van der Waals surface area (Å²) in [7, 11) is 0. The van der Waals surface area contributed by atoms with Crippen LogP contribution in [0.25, 0.3) is 0 Å². The van der Waals surface area contributed by atoms with Crippen molar-refractivity contribution < 1.29 is 4.79 Å². The van der Waals surface area contributed by atoms with E-state index in [9.17, 15) is 4.79 Å². The van der Waals surface area contributed by atoms with Gasteiger partial charge >= 0.3 is 0 Å². The highest BCUT2D eigenvalue weighted by Gasteiger charge is 2.13. The molecule has 0 aliphatic rings. The molecular formula is C15H24N2O. The minimum atomic E-state index is -0.0148. The van der Waals surface area contributed by atoms with E-state index in [1.807, 2.05) is 32.0 Å². The van der Waals surface area contributed by atoms with Gasteiger partial charge in [-0.05, 0) is 31.9 Å². The molecule has 1 unspecified atom stereocenters. The maximum absolute atomic E-state index is 12.1. The zero-order valence-corrected chi connectivity index (χ0v) is 11.6. The Balaban J connectivity index is 2.68. The minimum Gasteiger partial charge on any atom is -0.348 e. The maximum Gasteiger partial charge on any atom is 0.251 e. The van der Waals surface area contributed by atoms with Crippen LogP contribution in [0.2, 0.25) is 0 Å². The van der Waals surface area contributed by atoms with E-state index in [0.29, 0.717) is 6.54 Å². The third-order valence-electron chi connectivity index (χ3n) is 3.15. The van der Waals surface area contributed by atoms with Crippen molar-refractivity contribution in [1.29, 1.82) is 0 Å². The Labute approximate surface area is 110 Å². The molecule has 0 saturated carbocycles. The van der Waals surface area contributed by atoms with E-state index in [1.54, 1.807) is 0 Å². The van der Waals surface area contributed by atoms with E-state index < -0.39 is 0 Å². The van der Waals surface area contributed by atoms with Crippen LogP contribution in [-0.2, 0) is 0 Å². The van der Waals surface area contributed by atoms with Crippen molar-refractivity contribution in [3.63, 3.8) is 0 Å². The first-order valence-corrected chi connectivity index (χ1v) is 6.66. The summed E-state index contributed by atoms with van der Waals surface area (Å²) in [5, 5.41) is 3.01. The maximum atomic E-state index is 12.1. The first-order chi connectivity index (χ1) is 8.58. The molecule has 18 heavy (non-hydrogen) atoms. The fourth-order valence-electron chi connectivity index (χ4n) is 2.03. The van der Waals surface area contributed by atoms with Crippen LogP contribution < -0.4 is 11.1 Å². The predicted octanol–water partition coefficient (Wildman–Crippen LogP) is 2.55. The SMILES string of the molecule is CCCCC(CN)NC(=O)c1ccc(C)cc1C. The molecule has 1 rings (SSSR count). The molecule has 0 fully saturated rings. The van der Waals surface area contributed by atoms with Crippen LogP contribution in [0.4, 0.5) is 0 Å². The zero-order valence-electron chi connectivity index (χ0n) is 11.6.